The molecule has 0 aliphatic rings. The quantitative estimate of drug-likeness (QED) is 0.255. The Morgan fingerprint density at radius 2 is 2.50 bits per heavy atom. The first-order valence-electron chi connectivity index (χ1n) is 3.60. The highest BCUT2D eigenvalue weighted by Crippen LogP contribution is 2.01. The van der Waals surface area contributed by atoms with Gasteiger partial charge in [-0.15, -0.1) is 6.58 Å². The summed E-state index contributed by atoms with van der Waals surface area (Å²) in [6.45, 7) is 3.54. The Labute approximate surface area is 71.5 Å². The highest BCUT2D eigenvalue weighted by Gasteiger charge is 2.07. The first-order valence-corrected chi connectivity index (χ1v) is 3.60. The van der Waals surface area contributed by atoms with Gasteiger partial charge in [-0.05, 0) is 6.42 Å². The van der Waals surface area contributed by atoms with Crippen molar-refractivity contribution >= 4 is 12.0 Å². The van der Waals surface area contributed by atoms with E-state index in [9.17, 15) is 4.79 Å². The lowest BCUT2D eigenvalue weighted by Crippen LogP contribution is -2.10. The summed E-state index contributed by atoms with van der Waals surface area (Å²) in [5.74, 6) is -0.221. The number of nitrogens with zero attached hydrogens (tertiary/aromatic N) is 2. The molecule has 4 nitrogen and oxygen atoms in total. The molecule has 1 atom stereocenters. The molecule has 66 valence electrons. The minimum atomic E-state index is -0.221. The Hall–Kier alpha value is -1.25. The molecule has 0 aliphatic heterocycles. The predicted octanol–water partition coefficient (Wildman–Crippen LogP) is 0.837. The van der Waals surface area contributed by atoms with Gasteiger partial charge in [0.2, 0.25) is 5.78 Å². The number of rotatable bonds is 6. The molecule has 0 bridgehead atoms. The van der Waals surface area contributed by atoms with E-state index >= 15 is 0 Å². The molecule has 0 aliphatic carbocycles. The summed E-state index contributed by atoms with van der Waals surface area (Å²) in [4.78, 5) is 13.4. The largest absolute Gasteiger partial charge is 0.377 e. The average molecular weight is 168 g/mol. The molecule has 0 saturated heterocycles. The van der Waals surface area contributed by atoms with Crippen molar-refractivity contribution in [3.63, 3.8) is 0 Å². The second kappa shape index (κ2) is 6.46. The number of ether oxygens (including phenoxy) is 1. The minimum Gasteiger partial charge on any atom is -0.377 e. The van der Waals surface area contributed by atoms with Gasteiger partial charge >= 0.3 is 6.21 Å². The zero-order valence-electron chi connectivity index (χ0n) is 7.06. The second-order valence-corrected chi connectivity index (χ2v) is 2.26. The van der Waals surface area contributed by atoms with Crippen LogP contribution in [-0.2, 0) is 9.53 Å². The third-order valence-electron chi connectivity index (χ3n) is 1.44. The van der Waals surface area contributed by atoms with Crippen LogP contribution in [0.1, 0.15) is 12.8 Å². The van der Waals surface area contributed by atoms with E-state index in [1.54, 1.807) is 13.2 Å². The minimum absolute atomic E-state index is 0.110. The van der Waals surface area contributed by atoms with Crippen LogP contribution in [0.25, 0.3) is 5.53 Å². The van der Waals surface area contributed by atoms with Crippen molar-refractivity contribution in [2.75, 3.05) is 7.11 Å². The fourth-order valence-electron chi connectivity index (χ4n) is 0.745. The molecule has 0 spiro atoms. The van der Waals surface area contributed by atoms with Crippen LogP contribution in [0.5, 0.6) is 0 Å². The summed E-state index contributed by atoms with van der Waals surface area (Å²) in [5, 5.41) is 0. The van der Waals surface area contributed by atoms with Gasteiger partial charge < -0.3 is 10.3 Å². The first kappa shape index (κ1) is 10.8. The standard InChI is InChI=1S/C8H12N2O2/c1-3-8(12-2)5-4-7(11)6-10-9/h3,6,8H,1,4-5H2,2H3. The van der Waals surface area contributed by atoms with Crippen molar-refractivity contribution in [1.29, 1.82) is 0 Å². The Morgan fingerprint density at radius 1 is 1.83 bits per heavy atom. The highest BCUT2D eigenvalue weighted by molar-refractivity contribution is 6.25. The topological polar surface area (TPSA) is 62.7 Å². The zero-order valence-corrected chi connectivity index (χ0v) is 7.06. The van der Waals surface area contributed by atoms with Gasteiger partial charge in [0.25, 0.3) is 0 Å². The fourth-order valence-corrected chi connectivity index (χ4v) is 0.745. The number of carbonyl (C=O) groups is 1. The number of carbonyl (C=O) groups excluding carboxylic acids is 1. The summed E-state index contributed by atoms with van der Waals surface area (Å²) in [6.07, 6.45) is 3.26. The van der Waals surface area contributed by atoms with Gasteiger partial charge in [-0.1, -0.05) is 6.08 Å². The molecular weight excluding hydrogens is 156 g/mol. The maximum atomic E-state index is 10.8. The van der Waals surface area contributed by atoms with Gasteiger partial charge in [-0.25, -0.2) is 0 Å². The maximum absolute atomic E-state index is 10.8. The monoisotopic (exact) mass is 168 g/mol. The molecule has 0 saturated carbocycles. The van der Waals surface area contributed by atoms with Crippen molar-refractivity contribution in [2.45, 2.75) is 18.9 Å². The molecule has 0 rings (SSSR count). The van der Waals surface area contributed by atoms with Crippen LogP contribution >= 0.6 is 0 Å². The lowest BCUT2D eigenvalue weighted by molar-refractivity contribution is -0.116. The van der Waals surface area contributed by atoms with Crippen LogP contribution < -0.4 is 0 Å². The first-order chi connectivity index (χ1) is 5.74. The van der Waals surface area contributed by atoms with E-state index in [0.717, 1.165) is 6.21 Å². The van der Waals surface area contributed by atoms with Crippen LogP contribution in [0.15, 0.2) is 12.7 Å². The second-order valence-electron chi connectivity index (χ2n) is 2.26. The fraction of sp³-hybridized carbons (Fsp3) is 0.500. The highest BCUT2D eigenvalue weighted by atomic mass is 16.5. The molecule has 0 heterocycles. The molecule has 0 aromatic heterocycles. The summed E-state index contributed by atoms with van der Waals surface area (Å²) in [7, 11) is 1.55. The van der Waals surface area contributed by atoms with E-state index in [4.69, 9.17) is 10.3 Å². The average Bonchev–Trinajstić information content (AvgIpc) is 2.07. The van der Waals surface area contributed by atoms with Crippen LogP contribution in [0.3, 0.4) is 0 Å². The number of ketones is 1. The number of hydrogen-bond donors (Lipinski definition) is 0. The van der Waals surface area contributed by atoms with Crippen molar-refractivity contribution in [3.8, 4) is 0 Å². The van der Waals surface area contributed by atoms with Gasteiger partial charge in [0.1, 0.15) is 0 Å². The van der Waals surface area contributed by atoms with E-state index in [0.29, 0.717) is 12.8 Å². The maximum Gasteiger partial charge on any atom is 0.323 e. The number of methoxy groups -OCH3 is 1. The van der Waals surface area contributed by atoms with Gasteiger partial charge in [0.05, 0.1) is 6.10 Å². The van der Waals surface area contributed by atoms with E-state index in [-0.39, 0.29) is 11.9 Å². The molecular formula is C8H12N2O2. The van der Waals surface area contributed by atoms with Crippen LogP contribution in [0.2, 0.25) is 0 Å². The summed E-state index contributed by atoms with van der Waals surface area (Å²) in [5.41, 5.74) is 8.01. The van der Waals surface area contributed by atoms with E-state index in [1.807, 2.05) is 0 Å². The Morgan fingerprint density at radius 3 is 2.92 bits per heavy atom. The number of hydrogen-bond acceptors (Lipinski definition) is 2. The van der Waals surface area contributed by atoms with Crippen molar-refractivity contribution in [1.82, 2.24) is 0 Å². The SMILES string of the molecule is C=CC(CCC(=O)C=[N+]=[N-])OC. The Kier molecular flexibility index (Phi) is 5.79. The molecule has 0 N–H and O–H groups in total. The zero-order chi connectivity index (χ0) is 9.40. The normalized spacial score (nSPS) is 11.4. The van der Waals surface area contributed by atoms with Gasteiger partial charge in [0, 0.05) is 13.5 Å². The van der Waals surface area contributed by atoms with E-state index in [2.05, 4.69) is 11.4 Å². The van der Waals surface area contributed by atoms with Crippen LogP contribution in [0.4, 0.5) is 0 Å². The third-order valence-corrected chi connectivity index (χ3v) is 1.44. The van der Waals surface area contributed by atoms with Gasteiger partial charge in [-0.2, -0.15) is 4.79 Å². The van der Waals surface area contributed by atoms with Crippen LogP contribution in [-0.4, -0.2) is 30.0 Å². The summed E-state index contributed by atoms with van der Waals surface area (Å²) >= 11 is 0. The van der Waals surface area contributed by atoms with E-state index in [1.165, 1.54) is 0 Å². The molecule has 0 amide bonds. The molecule has 0 aromatic carbocycles. The molecule has 0 aromatic rings. The Balaban J connectivity index is 3.72. The summed E-state index contributed by atoms with van der Waals surface area (Å²) in [6, 6.07) is 0. The molecule has 0 fully saturated rings. The third kappa shape index (κ3) is 4.55. The predicted molar refractivity (Wildman–Crippen MR) is 44.9 cm³/mol. The number of Topliss-reactive ketones (excluding diaryl/α,β-unsaturated/α-hetero) is 1. The lowest BCUT2D eigenvalue weighted by Gasteiger charge is -2.06. The smallest absolute Gasteiger partial charge is 0.323 e. The van der Waals surface area contributed by atoms with Crippen molar-refractivity contribution in [2.24, 2.45) is 0 Å². The van der Waals surface area contributed by atoms with Gasteiger partial charge in [0.15, 0.2) is 0 Å². The van der Waals surface area contributed by atoms with Gasteiger partial charge in [-0.3, -0.25) is 4.79 Å². The molecule has 12 heavy (non-hydrogen) atoms. The van der Waals surface area contributed by atoms with Crippen molar-refractivity contribution in [3.05, 3.63) is 18.2 Å². The van der Waals surface area contributed by atoms with Crippen LogP contribution in [0, 0.1) is 0 Å². The lowest BCUT2D eigenvalue weighted by atomic mass is 10.1. The van der Waals surface area contributed by atoms with E-state index < -0.39 is 0 Å². The Bertz CT molecular complexity index is 207. The van der Waals surface area contributed by atoms with Crippen molar-refractivity contribution < 1.29 is 14.3 Å². The summed E-state index contributed by atoms with van der Waals surface area (Å²) < 4.78 is 4.95. The molecule has 4 heteroatoms. The molecule has 0 radical (unpaired) electrons. The molecule has 1 unspecified atom stereocenters.